The van der Waals surface area contributed by atoms with Crippen molar-refractivity contribution in [2.45, 2.75) is 32.7 Å². The number of nitrogens with two attached hydrogens (primary N) is 1. The Morgan fingerprint density at radius 2 is 2.46 bits per heavy atom. The molecule has 0 aliphatic heterocycles. The Morgan fingerprint density at radius 3 is 3.00 bits per heavy atom. The van der Waals surface area contributed by atoms with Crippen LogP contribution in [0.15, 0.2) is 12.4 Å². The van der Waals surface area contributed by atoms with Gasteiger partial charge in [-0.1, -0.05) is 6.92 Å². The highest BCUT2D eigenvalue weighted by molar-refractivity contribution is 5.77. The zero-order valence-electron chi connectivity index (χ0n) is 8.12. The molecule has 1 aromatic heterocycles. The van der Waals surface area contributed by atoms with E-state index in [1.165, 1.54) is 0 Å². The Labute approximate surface area is 78.3 Å². The topological polar surface area (TPSA) is 67.7 Å². The first-order valence-electron chi connectivity index (χ1n) is 4.49. The smallest absolute Gasteiger partial charge is 0.108 e. The second-order valence-corrected chi connectivity index (χ2v) is 3.18. The minimum absolute atomic E-state index is 0.225. The molecule has 0 amide bonds. The van der Waals surface area contributed by atoms with Crippen molar-refractivity contribution in [3.8, 4) is 0 Å². The Kier molecular flexibility index (Phi) is 3.06. The molecule has 1 aromatic rings. The molecule has 0 radical (unpaired) electrons. The van der Waals surface area contributed by atoms with Crippen molar-refractivity contribution in [2.24, 2.45) is 5.73 Å². The van der Waals surface area contributed by atoms with Crippen LogP contribution in [0, 0.1) is 5.41 Å². The van der Waals surface area contributed by atoms with Gasteiger partial charge in [-0.3, -0.25) is 5.41 Å². The lowest BCUT2D eigenvalue weighted by Crippen LogP contribution is -2.17. The first-order chi connectivity index (χ1) is 6.15. The third kappa shape index (κ3) is 2.31. The molecular formula is C9H16N4. The minimum atomic E-state index is 0.225. The maximum atomic E-state index is 7.20. The van der Waals surface area contributed by atoms with Crippen molar-refractivity contribution in [2.75, 3.05) is 0 Å². The SMILES string of the molecule is CCc1nccn1C(C)CC(=N)N. The van der Waals surface area contributed by atoms with Crippen molar-refractivity contribution >= 4 is 5.84 Å². The number of imidazole rings is 1. The van der Waals surface area contributed by atoms with Gasteiger partial charge in [-0.2, -0.15) is 0 Å². The van der Waals surface area contributed by atoms with Crippen LogP contribution in [-0.2, 0) is 6.42 Å². The summed E-state index contributed by atoms with van der Waals surface area (Å²) in [6, 6.07) is 0.231. The number of hydrogen-bond acceptors (Lipinski definition) is 2. The van der Waals surface area contributed by atoms with Gasteiger partial charge in [0.15, 0.2) is 0 Å². The van der Waals surface area contributed by atoms with E-state index in [9.17, 15) is 0 Å². The molecule has 0 saturated heterocycles. The number of nitrogens with one attached hydrogen (secondary N) is 1. The van der Waals surface area contributed by atoms with Gasteiger partial charge >= 0.3 is 0 Å². The number of rotatable bonds is 4. The number of nitrogens with zero attached hydrogens (tertiary/aromatic N) is 2. The van der Waals surface area contributed by atoms with E-state index in [1.54, 1.807) is 6.20 Å². The fourth-order valence-electron chi connectivity index (χ4n) is 1.44. The third-order valence-electron chi connectivity index (χ3n) is 2.06. The lowest BCUT2D eigenvalue weighted by atomic mass is 10.2. The Hall–Kier alpha value is -1.32. The molecule has 0 aromatic carbocycles. The number of hydrogen-bond donors (Lipinski definition) is 2. The van der Waals surface area contributed by atoms with Crippen molar-refractivity contribution < 1.29 is 0 Å². The van der Waals surface area contributed by atoms with E-state index < -0.39 is 0 Å². The largest absolute Gasteiger partial charge is 0.388 e. The van der Waals surface area contributed by atoms with Gasteiger partial charge in [-0.15, -0.1) is 0 Å². The molecule has 1 atom stereocenters. The van der Waals surface area contributed by atoms with E-state index in [2.05, 4.69) is 16.5 Å². The first-order valence-corrected chi connectivity index (χ1v) is 4.49. The molecule has 0 aliphatic carbocycles. The van der Waals surface area contributed by atoms with Crippen molar-refractivity contribution in [1.82, 2.24) is 9.55 Å². The first kappa shape index (κ1) is 9.77. The van der Waals surface area contributed by atoms with E-state index in [0.29, 0.717) is 6.42 Å². The predicted molar refractivity (Wildman–Crippen MR) is 52.8 cm³/mol. The summed E-state index contributed by atoms with van der Waals surface area (Å²) in [5, 5.41) is 7.20. The van der Waals surface area contributed by atoms with Crippen LogP contribution >= 0.6 is 0 Å². The molecule has 1 unspecified atom stereocenters. The summed E-state index contributed by atoms with van der Waals surface area (Å²) < 4.78 is 2.07. The average molecular weight is 180 g/mol. The molecular weight excluding hydrogens is 164 g/mol. The molecule has 13 heavy (non-hydrogen) atoms. The van der Waals surface area contributed by atoms with Gasteiger partial charge in [0, 0.05) is 31.3 Å². The summed E-state index contributed by atoms with van der Waals surface area (Å²) in [6.45, 7) is 4.11. The van der Waals surface area contributed by atoms with Crippen LogP contribution in [0.5, 0.6) is 0 Å². The number of aromatic nitrogens is 2. The molecule has 0 spiro atoms. The Morgan fingerprint density at radius 1 is 1.77 bits per heavy atom. The van der Waals surface area contributed by atoms with Crippen LogP contribution in [-0.4, -0.2) is 15.4 Å². The second-order valence-electron chi connectivity index (χ2n) is 3.18. The molecule has 0 fully saturated rings. The van der Waals surface area contributed by atoms with Gasteiger partial charge in [0.2, 0.25) is 0 Å². The minimum Gasteiger partial charge on any atom is -0.388 e. The van der Waals surface area contributed by atoms with Crippen LogP contribution in [0.25, 0.3) is 0 Å². The van der Waals surface area contributed by atoms with Crippen LogP contribution in [0.2, 0.25) is 0 Å². The summed E-state index contributed by atoms with van der Waals surface area (Å²) in [7, 11) is 0. The zero-order valence-corrected chi connectivity index (χ0v) is 8.12. The van der Waals surface area contributed by atoms with Crippen LogP contribution in [0.3, 0.4) is 0 Å². The summed E-state index contributed by atoms with van der Waals surface area (Å²) in [5.41, 5.74) is 5.34. The predicted octanol–water partition coefficient (Wildman–Crippen LogP) is 1.33. The van der Waals surface area contributed by atoms with Gasteiger partial charge in [0.1, 0.15) is 5.82 Å². The van der Waals surface area contributed by atoms with Gasteiger partial charge in [-0.05, 0) is 6.92 Å². The van der Waals surface area contributed by atoms with Crippen molar-refractivity contribution in [1.29, 1.82) is 5.41 Å². The molecule has 1 rings (SSSR count). The summed E-state index contributed by atoms with van der Waals surface area (Å²) in [5.74, 6) is 1.28. The maximum Gasteiger partial charge on any atom is 0.108 e. The molecule has 4 heteroatoms. The van der Waals surface area contributed by atoms with Crippen molar-refractivity contribution in [3.63, 3.8) is 0 Å². The highest BCUT2D eigenvalue weighted by Gasteiger charge is 2.08. The standard InChI is InChI=1S/C9H16N4/c1-3-9-12-4-5-13(9)7(2)6-8(10)11/h4-5,7H,3,6H2,1-2H3,(H3,10,11). The quantitative estimate of drug-likeness (QED) is 0.542. The van der Waals surface area contributed by atoms with E-state index in [1.807, 2.05) is 13.1 Å². The maximum absolute atomic E-state index is 7.20. The van der Waals surface area contributed by atoms with E-state index >= 15 is 0 Å². The van der Waals surface area contributed by atoms with Crippen LogP contribution in [0.4, 0.5) is 0 Å². The zero-order chi connectivity index (χ0) is 9.84. The van der Waals surface area contributed by atoms with E-state index in [-0.39, 0.29) is 11.9 Å². The molecule has 3 N–H and O–H groups in total. The molecule has 4 nitrogen and oxygen atoms in total. The summed E-state index contributed by atoms with van der Waals surface area (Å²) in [4.78, 5) is 4.21. The summed E-state index contributed by atoms with van der Waals surface area (Å²) in [6.07, 6.45) is 5.22. The fraction of sp³-hybridized carbons (Fsp3) is 0.556. The van der Waals surface area contributed by atoms with Crippen LogP contribution < -0.4 is 5.73 Å². The average Bonchev–Trinajstić information content (AvgIpc) is 2.49. The highest BCUT2D eigenvalue weighted by atomic mass is 15.1. The van der Waals surface area contributed by atoms with E-state index in [4.69, 9.17) is 11.1 Å². The van der Waals surface area contributed by atoms with Gasteiger partial charge in [0.25, 0.3) is 0 Å². The Balaban J connectivity index is 2.75. The lowest BCUT2D eigenvalue weighted by Gasteiger charge is -2.14. The van der Waals surface area contributed by atoms with Crippen molar-refractivity contribution in [3.05, 3.63) is 18.2 Å². The molecule has 1 heterocycles. The molecule has 0 aliphatic rings. The van der Waals surface area contributed by atoms with Gasteiger partial charge in [0.05, 0.1) is 5.84 Å². The highest BCUT2D eigenvalue weighted by Crippen LogP contribution is 2.12. The number of amidine groups is 1. The van der Waals surface area contributed by atoms with E-state index in [0.717, 1.165) is 12.2 Å². The monoisotopic (exact) mass is 180 g/mol. The van der Waals surface area contributed by atoms with Gasteiger partial charge < -0.3 is 10.3 Å². The molecule has 0 saturated carbocycles. The summed E-state index contributed by atoms with van der Waals surface area (Å²) >= 11 is 0. The molecule has 0 bridgehead atoms. The van der Waals surface area contributed by atoms with Crippen LogP contribution in [0.1, 0.15) is 32.1 Å². The number of aryl methyl sites for hydroxylation is 1. The fourth-order valence-corrected chi connectivity index (χ4v) is 1.44. The third-order valence-corrected chi connectivity index (χ3v) is 2.06. The second kappa shape index (κ2) is 4.07. The normalized spacial score (nSPS) is 12.8. The Bertz CT molecular complexity index is 290. The van der Waals surface area contributed by atoms with Gasteiger partial charge in [-0.25, -0.2) is 4.98 Å². The lowest BCUT2D eigenvalue weighted by molar-refractivity contribution is 0.541. The molecule has 72 valence electrons.